The number of piperidine rings is 1. The average molecular weight is 496 g/mol. The Morgan fingerprint density at radius 2 is 1.89 bits per heavy atom. The summed E-state index contributed by atoms with van der Waals surface area (Å²) >= 11 is 0. The lowest BCUT2D eigenvalue weighted by Crippen LogP contribution is -2.45. The molecule has 1 fully saturated rings. The third kappa shape index (κ3) is 3.57. The van der Waals surface area contributed by atoms with E-state index in [4.69, 9.17) is 20.7 Å². The second kappa shape index (κ2) is 8.60. The Morgan fingerprint density at radius 3 is 2.70 bits per heavy atom. The maximum atomic E-state index is 10.8. The fourth-order valence-electron chi connectivity index (χ4n) is 6.80. The van der Waals surface area contributed by atoms with Crippen LogP contribution in [-0.2, 0) is 19.4 Å². The van der Waals surface area contributed by atoms with Crippen LogP contribution in [-0.4, -0.2) is 45.5 Å². The molecule has 3 aromatic rings. The number of amidine groups is 1. The molecule has 190 valence electrons. The number of nitrogens with two attached hydrogens (primary N) is 1. The summed E-state index contributed by atoms with van der Waals surface area (Å²) in [7, 11) is 0. The van der Waals surface area contributed by atoms with E-state index in [-0.39, 0.29) is 11.5 Å². The number of aliphatic hydroxyl groups excluding tert-OH is 1. The van der Waals surface area contributed by atoms with Gasteiger partial charge in [-0.1, -0.05) is 24.3 Å². The van der Waals surface area contributed by atoms with Crippen LogP contribution in [0, 0.1) is 5.41 Å². The zero-order valence-electron chi connectivity index (χ0n) is 21.3. The van der Waals surface area contributed by atoms with Gasteiger partial charge in [0, 0.05) is 31.9 Å². The van der Waals surface area contributed by atoms with Crippen LogP contribution in [0.5, 0.6) is 0 Å². The Bertz CT molecular complexity index is 1390. The molecule has 1 aromatic carbocycles. The summed E-state index contributed by atoms with van der Waals surface area (Å²) in [6.07, 6.45) is 6.17. The first-order chi connectivity index (χ1) is 18.0. The standard InChI is InChI=1S/C29H33N7O/c1-18(37)24-28(35-14-10-29(11-15-35)16-19-6-2-3-7-20(19)26(29)30)33-22-17-32-27(25(22)34-24)36-13-5-8-21-23(36)9-4-12-31-21/h2-4,6-7,9,12,18,26,37H,5,8,10-11,13-17,30H2,1H3/t18-,26-/m1/s1. The number of nitrogens with zero attached hydrogens (tertiary/aromatic N) is 6. The predicted octanol–water partition coefficient (Wildman–Crippen LogP) is 3.48. The highest BCUT2D eigenvalue weighted by atomic mass is 16.3. The summed E-state index contributed by atoms with van der Waals surface area (Å²) in [6, 6.07) is 12.8. The van der Waals surface area contributed by atoms with Crippen LogP contribution in [0.4, 0.5) is 11.5 Å². The van der Waals surface area contributed by atoms with Crippen molar-refractivity contribution in [2.24, 2.45) is 16.1 Å². The van der Waals surface area contributed by atoms with Gasteiger partial charge in [0.05, 0.1) is 29.7 Å². The van der Waals surface area contributed by atoms with Crippen LogP contribution in [0.15, 0.2) is 47.6 Å². The molecule has 2 atom stereocenters. The van der Waals surface area contributed by atoms with Crippen LogP contribution in [0.3, 0.4) is 0 Å². The summed E-state index contributed by atoms with van der Waals surface area (Å²) in [4.78, 5) is 24.1. The van der Waals surface area contributed by atoms with E-state index in [0.717, 1.165) is 86.2 Å². The highest BCUT2D eigenvalue weighted by molar-refractivity contribution is 6.11. The van der Waals surface area contributed by atoms with Gasteiger partial charge in [-0.3, -0.25) is 9.98 Å². The number of hydrogen-bond acceptors (Lipinski definition) is 8. The summed E-state index contributed by atoms with van der Waals surface area (Å²) in [5.41, 5.74) is 14.1. The van der Waals surface area contributed by atoms with Crippen LogP contribution in [0.1, 0.15) is 72.2 Å². The zero-order valence-corrected chi connectivity index (χ0v) is 21.3. The van der Waals surface area contributed by atoms with Gasteiger partial charge in [0.25, 0.3) is 0 Å². The quantitative estimate of drug-likeness (QED) is 0.561. The van der Waals surface area contributed by atoms with Crippen LogP contribution in [0.25, 0.3) is 0 Å². The molecule has 3 aliphatic heterocycles. The van der Waals surface area contributed by atoms with Crippen molar-refractivity contribution < 1.29 is 5.11 Å². The third-order valence-electron chi connectivity index (χ3n) is 8.82. The third-order valence-corrected chi connectivity index (χ3v) is 8.82. The highest BCUT2D eigenvalue weighted by Crippen LogP contribution is 2.51. The topological polar surface area (TPSA) is 104 Å². The van der Waals surface area contributed by atoms with Gasteiger partial charge in [-0.2, -0.15) is 0 Å². The molecule has 1 saturated heterocycles. The Hall–Kier alpha value is -3.36. The minimum Gasteiger partial charge on any atom is -0.387 e. The zero-order chi connectivity index (χ0) is 25.1. The first-order valence-electron chi connectivity index (χ1n) is 13.5. The molecule has 8 heteroatoms. The fraction of sp³-hybridized carbons (Fsp3) is 0.448. The molecular weight excluding hydrogens is 462 g/mol. The molecule has 4 aliphatic rings. The maximum absolute atomic E-state index is 10.8. The molecule has 1 spiro atoms. The van der Waals surface area contributed by atoms with E-state index < -0.39 is 6.10 Å². The van der Waals surface area contributed by atoms with Crippen LogP contribution < -0.4 is 15.5 Å². The minimum absolute atomic E-state index is 0.0751. The molecule has 0 bridgehead atoms. The number of benzene rings is 1. The first kappa shape index (κ1) is 22.8. The van der Waals surface area contributed by atoms with Gasteiger partial charge >= 0.3 is 0 Å². The molecule has 0 unspecified atom stereocenters. The van der Waals surface area contributed by atoms with Crippen molar-refractivity contribution in [3.63, 3.8) is 0 Å². The lowest BCUT2D eigenvalue weighted by atomic mass is 9.73. The maximum Gasteiger partial charge on any atom is 0.156 e. The molecule has 2 aromatic heterocycles. The molecule has 3 N–H and O–H groups in total. The van der Waals surface area contributed by atoms with Gasteiger partial charge in [0.1, 0.15) is 11.4 Å². The van der Waals surface area contributed by atoms with Crippen molar-refractivity contribution in [1.82, 2.24) is 15.0 Å². The number of aromatic nitrogens is 3. The summed E-state index contributed by atoms with van der Waals surface area (Å²) in [5.74, 6) is 1.64. The Labute approximate surface area is 217 Å². The lowest BCUT2D eigenvalue weighted by Gasteiger charge is -2.43. The van der Waals surface area contributed by atoms with Crippen molar-refractivity contribution in [3.05, 3.63) is 76.5 Å². The van der Waals surface area contributed by atoms with Gasteiger partial charge in [-0.15, -0.1) is 0 Å². The highest BCUT2D eigenvalue weighted by Gasteiger charge is 2.46. The van der Waals surface area contributed by atoms with E-state index in [1.807, 2.05) is 12.3 Å². The van der Waals surface area contributed by atoms with Gasteiger partial charge in [0.15, 0.2) is 11.7 Å². The van der Waals surface area contributed by atoms with Gasteiger partial charge in [-0.05, 0) is 67.7 Å². The number of aliphatic imine (C=N–C) groups is 1. The molecule has 5 heterocycles. The van der Waals surface area contributed by atoms with E-state index in [0.29, 0.717) is 12.2 Å². The molecule has 1 aliphatic carbocycles. The Kier molecular flexibility index (Phi) is 5.30. The second-order valence-electron chi connectivity index (χ2n) is 11.0. The van der Waals surface area contributed by atoms with Crippen molar-refractivity contribution in [3.8, 4) is 0 Å². The van der Waals surface area contributed by atoms with Gasteiger partial charge in [0.2, 0.25) is 0 Å². The van der Waals surface area contributed by atoms with E-state index in [9.17, 15) is 5.11 Å². The van der Waals surface area contributed by atoms with E-state index in [1.54, 1.807) is 6.92 Å². The molecule has 0 radical (unpaired) electrons. The van der Waals surface area contributed by atoms with Crippen molar-refractivity contribution in [2.45, 2.75) is 57.7 Å². The number of aryl methyl sites for hydroxylation is 1. The van der Waals surface area contributed by atoms with E-state index in [2.05, 4.69) is 45.1 Å². The monoisotopic (exact) mass is 495 g/mol. The lowest BCUT2D eigenvalue weighted by molar-refractivity contribution is 0.182. The number of rotatable bonds is 2. The number of aliphatic hydroxyl groups is 1. The number of hydrogen-bond donors (Lipinski definition) is 2. The Balaban J connectivity index is 1.17. The minimum atomic E-state index is -0.723. The van der Waals surface area contributed by atoms with Crippen molar-refractivity contribution in [1.29, 1.82) is 0 Å². The Morgan fingerprint density at radius 1 is 1.05 bits per heavy atom. The summed E-state index contributed by atoms with van der Waals surface area (Å²) in [5, 5.41) is 10.8. The molecule has 8 nitrogen and oxygen atoms in total. The first-order valence-corrected chi connectivity index (χ1v) is 13.5. The van der Waals surface area contributed by atoms with E-state index in [1.165, 1.54) is 11.1 Å². The molecule has 7 rings (SSSR count). The largest absolute Gasteiger partial charge is 0.387 e. The molecule has 0 saturated carbocycles. The predicted molar refractivity (Wildman–Crippen MR) is 144 cm³/mol. The molecule has 0 amide bonds. The summed E-state index contributed by atoms with van der Waals surface area (Å²) < 4.78 is 0. The number of pyridine rings is 1. The summed E-state index contributed by atoms with van der Waals surface area (Å²) in [6.45, 7) is 4.87. The van der Waals surface area contributed by atoms with Crippen LogP contribution in [0.2, 0.25) is 0 Å². The van der Waals surface area contributed by atoms with Crippen LogP contribution >= 0.6 is 0 Å². The second-order valence-corrected chi connectivity index (χ2v) is 11.0. The average Bonchev–Trinajstić information content (AvgIpc) is 3.46. The fourth-order valence-corrected chi connectivity index (χ4v) is 6.80. The molecular formula is C29H33N7O. The SMILES string of the molecule is C[C@@H](O)c1nc2c(nc1N1CCC3(CC1)Cc1ccccc1[C@H]3N)CN=C2N1CCCc2ncccc21. The van der Waals surface area contributed by atoms with Crippen molar-refractivity contribution >= 4 is 17.3 Å². The number of fused-ring (bicyclic) bond motifs is 3. The van der Waals surface area contributed by atoms with E-state index >= 15 is 0 Å². The van der Waals surface area contributed by atoms with Crippen molar-refractivity contribution in [2.75, 3.05) is 29.4 Å². The normalized spacial score (nSPS) is 22.5. The van der Waals surface area contributed by atoms with Gasteiger partial charge < -0.3 is 20.6 Å². The number of anilines is 2. The smallest absolute Gasteiger partial charge is 0.156 e. The molecule has 37 heavy (non-hydrogen) atoms. The van der Waals surface area contributed by atoms with Gasteiger partial charge in [-0.25, -0.2) is 9.97 Å².